The van der Waals surface area contributed by atoms with Gasteiger partial charge in [0.05, 0.1) is 19.6 Å². The van der Waals surface area contributed by atoms with Crippen molar-refractivity contribution in [1.82, 2.24) is 15.0 Å². The Balaban J connectivity index is 1.47. The molecule has 1 N–H and O–H groups in total. The van der Waals surface area contributed by atoms with Crippen molar-refractivity contribution in [2.24, 2.45) is 0 Å². The molecule has 1 aliphatic heterocycles. The lowest BCUT2D eigenvalue weighted by Crippen LogP contribution is -2.48. The summed E-state index contributed by atoms with van der Waals surface area (Å²) in [6, 6.07) is 7.30. The van der Waals surface area contributed by atoms with Crippen LogP contribution in [0, 0.1) is 6.92 Å². The number of carbonyl (C=O) groups excluding carboxylic acids is 1. The highest BCUT2D eigenvalue weighted by Crippen LogP contribution is 2.25. The van der Waals surface area contributed by atoms with Crippen LogP contribution >= 0.6 is 0 Å². The first-order chi connectivity index (χ1) is 10.6. The summed E-state index contributed by atoms with van der Waals surface area (Å²) in [6.07, 6.45) is 0. The van der Waals surface area contributed by atoms with Gasteiger partial charge < -0.3 is 14.6 Å². The lowest BCUT2D eigenvalue weighted by atomic mass is 10.0. The normalized spacial score (nSPS) is 15.4. The molecule has 0 atom stereocenters. The largest absolute Gasteiger partial charge is 0.497 e. The van der Waals surface area contributed by atoms with Crippen molar-refractivity contribution in [2.75, 3.05) is 32.1 Å². The van der Waals surface area contributed by atoms with E-state index in [9.17, 15) is 4.79 Å². The van der Waals surface area contributed by atoms with Crippen LogP contribution in [0.2, 0.25) is 0 Å². The number of aryl methyl sites for hydroxylation is 1. The van der Waals surface area contributed by atoms with Crippen LogP contribution in [0.1, 0.15) is 17.6 Å². The molecular weight excluding hydrogens is 284 g/mol. The molecule has 0 aliphatic carbocycles. The van der Waals surface area contributed by atoms with E-state index in [0.717, 1.165) is 18.8 Å². The monoisotopic (exact) mass is 302 g/mol. The highest BCUT2D eigenvalue weighted by molar-refractivity contribution is 5.92. The number of aromatic nitrogens is 2. The van der Waals surface area contributed by atoms with E-state index in [1.54, 1.807) is 20.1 Å². The molecule has 116 valence electrons. The van der Waals surface area contributed by atoms with Crippen LogP contribution in [0.4, 0.5) is 5.69 Å². The van der Waals surface area contributed by atoms with E-state index >= 15 is 0 Å². The van der Waals surface area contributed by atoms with E-state index in [0.29, 0.717) is 24.0 Å². The molecule has 22 heavy (non-hydrogen) atoms. The first-order valence-corrected chi connectivity index (χ1v) is 7.10. The molecule has 3 rings (SSSR count). The maximum Gasteiger partial charge on any atom is 0.238 e. The molecule has 7 heteroatoms. The number of hydrogen-bond acceptors (Lipinski definition) is 6. The molecule has 1 aromatic heterocycles. The van der Waals surface area contributed by atoms with Gasteiger partial charge in [-0.05, 0) is 19.1 Å². The Morgan fingerprint density at radius 2 is 2.32 bits per heavy atom. The molecule has 7 nitrogen and oxygen atoms in total. The number of carbonyl (C=O) groups is 1. The van der Waals surface area contributed by atoms with Gasteiger partial charge in [0.15, 0.2) is 5.82 Å². The second-order valence-corrected chi connectivity index (χ2v) is 5.35. The first kappa shape index (κ1) is 14.5. The molecule has 0 saturated carbocycles. The fourth-order valence-corrected chi connectivity index (χ4v) is 2.44. The number of nitrogens with zero attached hydrogens (tertiary/aromatic N) is 3. The van der Waals surface area contributed by atoms with Gasteiger partial charge in [-0.15, -0.1) is 0 Å². The highest BCUT2D eigenvalue weighted by Gasteiger charge is 2.33. The molecular formula is C15H18N4O3. The average Bonchev–Trinajstić information content (AvgIpc) is 2.88. The molecule has 2 aromatic rings. The van der Waals surface area contributed by atoms with Crippen LogP contribution < -0.4 is 10.1 Å². The lowest BCUT2D eigenvalue weighted by molar-refractivity contribution is -0.118. The highest BCUT2D eigenvalue weighted by atomic mass is 16.5. The van der Waals surface area contributed by atoms with Crippen molar-refractivity contribution in [2.45, 2.75) is 12.8 Å². The Kier molecular flexibility index (Phi) is 4.06. The lowest BCUT2D eigenvalue weighted by Gasteiger charge is -2.36. The fourth-order valence-electron chi connectivity index (χ4n) is 2.44. The maximum atomic E-state index is 12.0. The first-order valence-electron chi connectivity index (χ1n) is 7.10. The molecule has 1 aliphatic rings. The molecule has 2 heterocycles. The molecule has 1 saturated heterocycles. The van der Waals surface area contributed by atoms with E-state index < -0.39 is 0 Å². The van der Waals surface area contributed by atoms with E-state index in [-0.39, 0.29) is 11.8 Å². The van der Waals surface area contributed by atoms with Crippen LogP contribution in [0.5, 0.6) is 5.75 Å². The number of methoxy groups -OCH3 is 1. The number of hydrogen-bond donors (Lipinski definition) is 1. The minimum Gasteiger partial charge on any atom is -0.497 e. The topological polar surface area (TPSA) is 80.5 Å². The summed E-state index contributed by atoms with van der Waals surface area (Å²) >= 11 is 0. The third kappa shape index (κ3) is 3.25. The number of amides is 1. The maximum absolute atomic E-state index is 12.0. The third-order valence-corrected chi connectivity index (χ3v) is 3.57. The second kappa shape index (κ2) is 6.15. The number of anilines is 1. The number of benzene rings is 1. The molecule has 0 unspecified atom stereocenters. The van der Waals surface area contributed by atoms with Crippen molar-refractivity contribution in [3.63, 3.8) is 0 Å². The molecule has 1 aromatic carbocycles. The molecule has 0 bridgehead atoms. The standard InChI is InChI=1S/C15H18N4O3/c1-10-16-15(22-18-10)11-7-19(8-11)9-14(20)17-12-4-3-5-13(6-12)21-2/h3-6,11H,7-9H2,1-2H3,(H,17,20). The number of nitrogens with one attached hydrogen (secondary N) is 1. The second-order valence-electron chi connectivity index (χ2n) is 5.35. The van der Waals surface area contributed by atoms with Gasteiger partial charge in [0.1, 0.15) is 5.75 Å². The Morgan fingerprint density at radius 1 is 1.50 bits per heavy atom. The van der Waals surface area contributed by atoms with Crippen LogP contribution in [0.15, 0.2) is 28.8 Å². The van der Waals surface area contributed by atoms with Crippen molar-refractivity contribution in [3.8, 4) is 5.75 Å². The molecule has 1 amide bonds. The Morgan fingerprint density at radius 3 is 3.00 bits per heavy atom. The van der Waals surface area contributed by atoms with Crippen molar-refractivity contribution in [1.29, 1.82) is 0 Å². The summed E-state index contributed by atoms with van der Waals surface area (Å²) in [4.78, 5) is 18.3. The van der Waals surface area contributed by atoms with Crippen LogP contribution in [-0.4, -0.2) is 47.7 Å². The van der Waals surface area contributed by atoms with Gasteiger partial charge in [-0.25, -0.2) is 0 Å². The summed E-state index contributed by atoms with van der Waals surface area (Å²) in [5, 5.41) is 6.64. The van der Waals surface area contributed by atoms with Gasteiger partial charge in [0, 0.05) is 24.8 Å². The Hall–Kier alpha value is -2.41. The fraction of sp³-hybridized carbons (Fsp3) is 0.400. The summed E-state index contributed by atoms with van der Waals surface area (Å²) < 4.78 is 10.3. The predicted octanol–water partition coefficient (Wildman–Crippen LogP) is 1.42. The van der Waals surface area contributed by atoms with E-state index in [1.807, 2.05) is 23.1 Å². The summed E-state index contributed by atoms with van der Waals surface area (Å²) in [6.45, 7) is 3.66. The average molecular weight is 302 g/mol. The predicted molar refractivity (Wildman–Crippen MR) is 79.8 cm³/mol. The van der Waals surface area contributed by atoms with Gasteiger partial charge in [-0.3, -0.25) is 9.69 Å². The van der Waals surface area contributed by atoms with E-state index in [1.165, 1.54) is 0 Å². The Labute approximate surface area is 128 Å². The summed E-state index contributed by atoms with van der Waals surface area (Å²) in [5.74, 6) is 2.19. The van der Waals surface area contributed by atoms with Gasteiger partial charge >= 0.3 is 0 Å². The zero-order chi connectivity index (χ0) is 15.5. The van der Waals surface area contributed by atoms with Gasteiger partial charge in [-0.2, -0.15) is 4.98 Å². The number of ether oxygens (including phenoxy) is 1. The van der Waals surface area contributed by atoms with Crippen LogP contribution in [-0.2, 0) is 4.79 Å². The minimum atomic E-state index is -0.0478. The molecule has 1 fully saturated rings. The van der Waals surface area contributed by atoms with Crippen molar-refractivity contribution in [3.05, 3.63) is 36.0 Å². The van der Waals surface area contributed by atoms with E-state index in [2.05, 4.69) is 15.5 Å². The SMILES string of the molecule is COc1cccc(NC(=O)CN2CC(c3nc(C)no3)C2)c1. The van der Waals surface area contributed by atoms with Crippen LogP contribution in [0.25, 0.3) is 0 Å². The zero-order valence-corrected chi connectivity index (χ0v) is 12.6. The van der Waals surface area contributed by atoms with Gasteiger partial charge in [-0.1, -0.05) is 11.2 Å². The van der Waals surface area contributed by atoms with Crippen molar-refractivity contribution >= 4 is 11.6 Å². The summed E-state index contributed by atoms with van der Waals surface area (Å²) in [7, 11) is 1.60. The van der Waals surface area contributed by atoms with Gasteiger partial charge in [0.2, 0.25) is 11.8 Å². The van der Waals surface area contributed by atoms with E-state index in [4.69, 9.17) is 9.26 Å². The third-order valence-electron chi connectivity index (χ3n) is 3.57. The smallest absolute Gasteiger partial charge is 0.238 e. The summed E-state index contributed by atoms with van der Waals surface area (Å²) in [5.41, 5.74) is 0.731. The molecule has 0 spiro atoms. The number of likely N-dealkylation sites (tertiary alicyclic amines) is 1. The quantitative estimate of drug-likeness (QED) is 0.900. The van der Waals surface area contributed by atoms with Crippen LogP contribution in [0.3, 0.4) is 0 Å². The van der Waals surface area contributed by atoms with Gasteiger partial charge in [0.25, 0.3) is 0 Å². The minimum absolute atomic E-state index is 0.0478. The zero-order valence-electron chi connectivity index (χ0n) is 12.6. The van der Waals surface area contributed by atoms with Crippen molar-refractivity contribution < 1.29 is 14.1 Å². The Bertz CT molecular complexity index is 664. The number of rotatable bonds is 5. The molecule has 0 radical (unpaired) electrons.